The Morgan fingerprint density at radius 2 is 1.72 bits per heavy atom. The van der Waals surface area contributed by atoms with E-state index in [-0.39, 0.29) is 6.03 Å². The Hall–Kier alpha value is -1.51. The van der Waals surface area contributed by atoms with Crippen molar-refractivity contribution in [1.29, 1.82) is 0 Å². The van der Waals surface area contributed by atoms with E-state index in [4.69, 9.17) is 0 Å². The first kappa shape index (κ1) is 12.9. The maximum atomic E-state index is 12.2. The van der Waals surface area contributed by atoms with Crippen molar-refractivity contribution in [3.8, 4) is 0 Å². The van der Waals surface area contributed by atoms with Crippen LogP contribution in [-0.2, 0) is 0 Å². The quantitative estimate of drug-likeness (QED) is 0.784. The number of likely N-dealkylation sites (tertiary alicyclic amines) is 1. The summed E-state index contributed by atoms with van der Waals surface area (Å²) in [6.45, 7) is 6.14. The highest BCUT2D eigenvalue weighted by atomic mass is 16.2. The van der Waals surface area contributed by atoms with E-state index in [0.29, 0.717) is 5.92 Å². The van der Waals surface area contributed by atoms with Gasteiger partial charge in [0.25, 0.3) is 0 Å². The van der Waals surface area contributed by atoms with Gasteiger partial charge in [-0.25, -0.2) is 4.79 Å². The van der Waals surface area contributed by atoms with Gasteiger partial charge >= 0.3 is 6.03 Å². The predicted molar refractivity (Wildman–Crippen MR) is 75.1 cm³/mol. The summed E-state index contributed by atoms with van der Waals surface area (Å²) in [4.78, 5) is 15.9. The van der Waals surface area contributed by atoms with Gasteiger partial charge in [0, 0.05) is 25.8 Å². The minimum Gasteiger partial charge on any atom is -0.324 e. The second kappa shape index (κ2) is 5.42. The Bertz CT molecular complexity index is 405. The van der Waals surface area contributed by atoms with E-state index >= 15 is 0 Å². The summed E-state index contributed by atoms with van der Waals surface area (Å²) in [5.41, 5.74) is 2.28. The van der Waals surface area contributed by atoms with Crippen LogP contribution in [0.2, 0.25) is 0 Å². The van der Waals surface area contributed by atoms with Crippen molar-refractivity contribution >= 4 is 11.7 Å². The highest BCUT2D eigenvalue weighted by Gasteiger charge is 2.21. The van der Waals surface area contributed by atoms with Crippen LogP contribution < -0.4 is 4.90 Å². The van der Waals surface area contributed by atoms with Gasteiger partial charge in [-0.15, -0.1) is 0 Å². The molecule has 1 heterocycles. The summed E-state index contributed by atoms with van der Waals surface area (Å²) < 4.78 is 0. The van der Waals surface area contributed by atoms with Crippen LogP contribution in [0.1, 0.15) is 38.2 Å². The van der Waals surface area contributed by atoms with Gasteiger partial charge in [0.05, 0.1) is 0 Å². The number of anilines is 1. The maximum absolute atomic E-state index is 12.2. The number of hydrogen-bond donors (Lipinski definition) is 0. The van der Waals surface area contributed by atoms with Crippen LogP contribution >= 0.6 is 0 Å². The van der Waals surface area contributed by atoms with Gasteiger partial charge in [-0.2, -0.15) is 0 Å². The lowest BCUT2D eigenvalue weighted by Crippen LogP contribution is -2.39. The van der Waals surface area contributed by atoms with Crippen LogP contribution in [0.15, 0.2) is 24.3 Å². The third-order valence-electron chi connectivity index (χ3n) is 3.61. The molecule has 0 N–H and O–H groups in total. The molecule has 0 spiro atoms. The minimum absolute atomic E-state index is 0.116. The summed E-state index contributed by atoms with van der Waals surface area (Å²) in [6, 6.07) is 8.39. The molecule has 0 aliphatic carbocycles. The van der Waals surface area contributed by atoms with E-state index in [1.54, 1.807) is 4.90 Å². The molecule has 0 aromatic heterocycles. The van der Waals surface area contributed by atoms with Crippen LogP contribution in [0, 0.1) is 0 Å². The molecule has 0 radical (unpaired) electrons. The van der Waals surface area contributed by atoms with Crippen LogP contribution in [0.25, 0.3) is 0 Å². The molecular formula is C15H22N2O. The molecule has 3 heteroatoms. The van der Waals surface area contributed by atoms with Crippen molar-refractivity contribution in [3.05, 3.63) is 29.8 Å². The topological polar surface area (TPSA) is 23.6 Å². The highest BCUT2D eigenvalue weighted by molar-refractivity contribution is 5.91. The SMILES string of the molecule is CC(C)c1ccc(N(C)C(=O)N2CCCC2)cc1. The molecule has 1 saturated heterocycles. The van der Waals surface area contributed by atoms with Gasteiger partial charge in [0.1, 0.15) is 0 Å². The number of carbonyl (C=O) groups is 1. The van der Waals surface area contributed by atoms with Crippen molar-refractivity contribution in [2.75, 3.05) is 25.0 Å². The lowest BCUT2D eigenvalue weighted by atomic mass is 10.0. The molecule has 0 saturated carbocycles. The Morgan fingerprint density at radius 1 is 1.17 bits per heavy atom. The fourth-order valence-corrected chi connectivity index (χ4v) is 2.31. The second-order valence-corrected chi connectivity index (χ2v) is 5.28. The second-order valence-electron chi connectivity index (χ2n) is 5.28. The average Bonchev–Trinajstić information content (AvgIpc) is 2.91. The average molecular weight is 246 g/mol. The molecule has 0 atom stereocenters. The number of carbonyl (C=O) groups excluding carboxylic acids is 1. The molecule has 0 unspecified atom stereocenters. The molecule has 2 rings (SSSR count). The standard InChI is InChI=1S/C15H22N2O/c1-12(2)13-6-8-14(9-7-13)16(3)15(18)17-10-4-5-11-17/h6-9,12H,4-5,10-11H2,1-3H3. The molecule has 2 amide bonds. The zero-order valence-electron chi connectivity index (χ0n) is 11.5. The first-order valence-corrected chi connectivity index (χ1v) is 6.72. The largest absolute Gasteiger partial charge is 0.324 e. The molecular weight excluding hydrogens is 224 g/mol. The fourth-order valence-electron chi connectivity index (χ4n) is 2.31. The summed E-state index contributed by atoms with van der Waals surface area (Å²) >= 11 is 0. The van der Waals surface area contributed by atoms with Gasteiger partial charge in [0.15, 0.2) is 0 Å². The summed E-state index contributed by atoms with van der Waals surface area (Å²) in [5, 5.41) is 0. The van der Waals surface area contributed by atoms with E-state index in [2.05, 4.69) is 26.0 Å². The zero-order chi connectivity index (χ0) is 13.1. The maximum Gasteiger partial charge on any atom is 0.324 e. The normalized spacial score (nSPS) is 15.2. The van der Waals surface area contributed by atoms with E-state index < -0.39 is 0 Å². The number of nitrogens with zero attached hydrogens (tertiary/aromatic N) is 2. The first-order chi connectivity index (χ1) is 8.59. The first-order valence-electron chi connectivity index (χ1n) is 6.72. The van der Waals surface area contributed by atoms with Crippen molar-refractivity contribution in [2.45, 2.75) is 32.6 Å². The van der Waals surface area contributed by atoms with E-state index in [0.717, 1.165) is 31.6 Å². The van der Waals surface area contributed by atoms with Crippen molar-refractivity contribution in [3.63, 3.8) is 0 Å². The molecule has 1 aromatic rings. The number of urea groups is 1. The summed E-state index contributed by atoms with van der Waals surface area (Å²) in [5.74, 6) is 0.527. The van der Waals surface area contributed by atoms with Crippen molar-refractivity contribution in [2.24, 2.45) is 0 Å². The predicted octanol–water partition coefficient (Wildman–Crippen LogP) is 3.46. The van der Waals surface area contributed by atoms with E-state index in [1.807, 2.05) is 24.1 Å². The number of benzene rings is 1. The lowest BCUT2D eigenvalue weighted by Gasteiger charge is -2.24. The smallest absolute Gasteiger partial charge is 0.324 e. The molecule has 3 nitrogen and oxygen atoms in total. The van der Waals surface area contributed by atoms with Gasteiger partial charge < -0.3 is 4.90 Å². The molecule has 1 aliphatic rings. The van der Waals surface area contributed by atoms with E-state index in [9.17, 15) is 4.79 Å². The van der Waals surface area contributed by atoms with Crippen LogP contribution in [0.4, 0.5) is 10.5 Å². The highest BCUT2D eigenvalue weighted by Crippen LogP contribution is 2.21. The molecule has 18 heavy (non-hydrogen) atoms. The molecule has 1 aromatic carbocycles. The number of hydrogen-bond acceptors (Lipinski definition) is 1. The lowest BCUT2D eigenvalue weighted by molar-refractivity contribution is 0.217. The van der Waals surface area contributed by atoms with Gasteiger partial charge in [-0.1, -0.05) is 26.0 Å². The number of amides is 2. The third kappa shape index (κ3) is 2.66. The number of rotatable bonds is 2. The molecule has 0 bridgehead atoms. The van der Waals surface area contributed by atoms with E-state index in [1.165, 1.54) is 5.56 Å². The fraction of sp³-hybridized carbons (Fsp3) is 0.533. The summed E-state index contributed by atoms with van der Waals surface area (Å²) in [7, 11) is 1.85. The van der Waals surface area contributed by atoms with Gasteiger partial charge in [-0.05, 0) is 36.5 Å². The van der Waals surface area contributed by atoms with Crippen molar-refractivity contribution in [1.82, 2.24) is 4.90 Å². The Labute approximate surface area is 109 Å². The Balaban J connectivity index is 2.08. The van der Waals surface area contributed by atoms with Crippen LogP contribution in [0.3, 0.4) is 0 Å². The van der Waals surface area contributed by atoms with Crippen molar-refractivity contribution < 1.29 is 4.79 Å². The Morgan fingerprint density at radius 3 is 2.22 bits per heavy atom. The molecule has 1 fully saturated rings. The minimum atomic E-state index is 0.116. The van der Waals surface area contributed by atoms with Gasteiger partial charge in [0.2, 0.25) is 0 Å². The monoisotopic (exact) mass is 246 g/mol. The van der Waals surface area contributed by atoms with Crippen LogP contribution in [-0.4, -0.2) is 31.1 Å². The third-order valence-corrected chi connectivity index (χ3v) is 3.61. The Kier molecular flexibility index (Phi) is 3.90. The zero-order valence-corrected chi connectivity index (χ0v) is 11.5. The summed E-state index contributed by atoms with van der Waals surface area (Å²) in [6.07, 6.45) is 2.26. The molecule has 98 valence electrons. The van der Waals surface area contributed by atoms with Crippen LogP contribution in [0.5, 0.6) is 0 Å². The van der Waals surface area contributed by atoms with Gasteiger partial charge in [-0.3, -0.25) is 4.90 Å². The molecule has 1 aliphatic heterocycles.